The molecule has 1 rings (SSSR count). The predicted molar refractivity (Wildman–Crippen MR) is 82.7 cm³/mol. The average molecular weight is 284 g/mol. The van der Waals surface area contributed by atoms with Gasteiger partial charge in [-0.15, -0.1) is 0 Å². The van der Waals surface area contributed by atoms with Crippen molar-refractivity contribution in [2.45, 2.75) is 53.8 Å². The van der Waals surface area contributed by atoms with Gasteiger partial charge in [-0.05, 0) is 25.7 Å². The van der Waals surface area contributed by atoms with Crippen LogP contribution in [0.15, 0.2) is 0 Å². The molecule has 1 fully saturated rings. The monoisotopic (exact) mass is 284 g/mol. The first-order valence-electron chi connectivity index (χ1n) is 7.93. The van der Waals surface area contributed by atoms with Gasteiger partial charge in [0.05, 0.1) is 18.8 Å². The summed E-state index contributed by atoms with van der Waals surface area (Å²) >= 11 is 0. The zero-order chi connectivity index (χ0) is 15.3. The Hall–Kier alpha value is -0.610. The number of rotatable bonds is 6. The maximum absolute atomic E-state index is 12.5. The number of morpholine rings is 1. The standard InChI is InChI=1S/C16H32N2O2/c1-12(2)7-18(8-13(3)4)16(19)11-17-9-14(5)20-15(6)10-17/h12-15H,7-11H2,1-6H3. The summed E-state index contributed by atoms with van der Waals surface area (Å²) in [5.41, 5.74) is 0. The van der Waals surface area contributed by atoms with Crippen LogP contribution in [-0.2, 0) is 9.53 Å². The molecule has 118 valence electrons. The van der Waals surface area contributed by atoms with Crippen LogP contribution in [0.4, 0.5) is 0 Å². The summed E-state index contributed by atoms with van der Waals surface area (Å²) in [7, 11) is 0. The minimum atomic E-state index is 0.218. The highest BCUT2D eigenvalue weighted by molar-refractivity contribution is 5.78. The molecule has 1 aliphatic rings. The molecule has 2 atom stereocenters. The highest BCUT2D eigenvalue weighted by Gasteiger charge is 2.25. The minimum Gasteiger partial charge on any atom is -0.373 e. The summed E-state index contributed by atoms with van der Waals surface area (Å²) in [5, 5.41) is 0. The number of carbonyl (C=O) groups excluding carboxylic acids is 1. The molecule has 0 saturated carbocycles. The Labute approximate surface area is 124 Å². The first kappa shape index (κ1) is 17.4. The van der Waals surface area contributed by atoms with Crippen molar-refractivity contribution in [1.82, 2.24) is 9.80 Å². The Balaban J connectivity index is 2.55. The van der Waals surface area contributed by atoms with Gasteiger partial charge in [0.25, 0.3) is 0 Å². The summed E-state index contributed by atoms with van der Waals surface area (Å²) in [6, 6.07) is 0. The lowest BCUT2D eigenvalue weighted by Crippen LogP contribution is -2.50. The summed E-state index contributed by atoms with van der Waals surface area (Å²) in [6.07, 6.45) is 0.436. The van der Waals surface area contributed by atoms with Gasteiger partial charge in [0, 0.05) is 26.2 Å². The lowest BCUT2D eigenvalue weighted by atomic mass is 10.1. The highest BCUT2D eigenvalue weighted by Crippen LogP contribution is 2.12. The summed E-state index contributed by atoms with van der Waals surface area (Å²) in [6.45, 7) is 16.8. The van der Waals surface area contributed by atoms with E-state index in [9.17, 15) is 4.79 Å². The maximum Gasteiger partial charge on any atom is 0.236 e. The smallest absolute Gasteiger partial charge is 0.236 e. The Bertz CT molecular complexity index is 285. The molecule has 4 nitrogen and oxygen atoms in total. The van der Waals surface area contributed by atoms with Crippen molar-refractivity contribution in [3.8, 4) is 0 Å². The van der Waals surface area contributed by atoms with Gasteiger partial charge in [-0.1, -0.05) is 27.7 Å². The molecule has 2 unspecified atom stereocenters. The number of carbonyl (C=O) groups is 1. The highest BCUT2D eigenvalue weighted by atomic mass is 16.5. The van der Waals surface area contributed by atoms with Crippen molar-refractivity contribution >= 4 is 5.91 Å². The first-order chi connectivity index (χ1) is 9.27. The third kappa shape index (κ3) is 6.23. The SMILES string of the molecule is CC(C)CN(CC(C)C)C(=O)CN1CC(C)OC(C)C1. The van der Waals surface area contributed by atoms with Crippen LogP contribution in [0.25, 0.3) is 0 Å². The molecule has 4 heteroatoms. The van der Waals surface area contributed by atoms with E-state index in [-0.39, 0.29) is 18.1 Å². The van der Waals surface area contributed by atoms with E-state index in [0.717, 1.165) is 26.2 Å². The molecule has 0 bridgehead atoms. The molecule has 1 heterocycles. The molecule has 0 N–H and O–H groups in total. The lowest BCUT2D eigenvalue weighted by molar-refractivity contribution is -0.137. The van der Waals surface area contributed by atoms with Crippen LogP contribution in [0, 0.1) is 11.8 Å². The van der Waals surface area contributed by atoms with Crippen LogP contribution in [0.2, 0.25) is 0 Å². The number of amides is 1. The van der Waals surface area contributed by atoms with Crippen LogP contribution in [-0.4, -0.2) is 60.6 Å². The topological polar surface area (TPSA) is 32.8 Å². The largest absolute Gasteiger partial charge is 0.373 e. The molecular weight excluding hydrogens is 252 g/mol. The molecule has 0 aliphatic carbocycles. The van der Waals surface area contributed by atoms with Crippen molar-refractivity contribution in [3.63, 3.8) is 0 Å². The quantitative estimate of drug-likeness (QED) is 0.750. The van der Waals surface area contributed by atoms with Crippen molar-refractivity contribution in [3.05, 3.63) is 0 Å². The number of hydrogen-bond donors (Lipinski definition) is 0. The fourth-order valence-corrected chi connectivity index (χ4v) is 2.86. The van der Waals surface area contributed by atoms with Gasteiger partial charge in [-0.2, -0.15) is 0 Å². The fraction of sp³-hybridized carbons (Fsp3) is 0.938. The number of nitrogens with zero attached hydrogens (tertiary/aromatic N) is 2. The third-order valence-corrected chi connectivity index (χ3v) is 3.38. The first-order valence-corrected chi connectivity index (χ1v) is 7.93. The molecule has 0 spiro atoms. The van der Waals surface area contributed by atoms with E-state index in [1.165, 1.54) is 0 Å². The molecule has 0 aromatic carbocycles. The lowest BCUT2D eigenvalue weighted by Gasteiger charge is -2.36. The molecule has 1 saturated heterocycles. The van der Waals surface area contributed by atoms with Gasteiger partial charge in [0.2, 0.25) is 5.91 Å². The molecule has 0 aromatic rings. The number of ether oxygens (including phenoxy) is 1. The molecule has 0 radical (unpaired) electrons. The molecule has 1 aliphatic heterocycles. The second-order valence-corrected chi connectivity index (χ2v) is 7.04. The summed E-state index contributed by atoms with van der Waals surface area (Å²) in [4.78, 5) is 16.8. The van der Waals surface area contributed by atoms with Gasteiger partial charge < -0.3 is 9.64 Å². The Morgan fingerprint density at radius 2 is 1.55 bits per heavy atom. The average Bonchev–Trinajstić information content (AvgIpc) is 2.24. The maximum atomic E-state index is 12.5. The van der Waals surface area contributed by atoms with E-state index in [4.69, 9.17) is 4.74 Å². The normalized spacial score (nSPS) is 24.4. The van der Waals surface area contributed by atoms with Crippen LogP contribution in [0.5, 0.6) is 0 Å². The van der Waals surface area contributed by atoms with Gasteiger partial charge >= 0.3 is 0 Å². The van der Waals surface area contributed by atoms with Gasteiger partial charge in [0.1, 0.15) is 0 Å². The van der Waals surface area contributed by atoms with E-state index in [1.807, 2.05) is 4.90 Å². The molecular formula is C16H32N2O2. The van der Waals surface area contributed by atoms with Crippen LogP contribution >= 0.6 is 0 Å². The van der Waals surface area contributed by atoms with Crippen LogP contribution in [0.1, 0.15) is 41.5 Å². The molecule has 1 amide bonds. The third-order valence-electron chi connectivity index (χ3n) is 3.38. The Morgan fingerprint density at radius 1 is 1.10 bits per heavy atom. The van der Waals surface area contributed by atoms with Gasteiger partial charge in [-0.25, -0.2) is 0 Å². The Kier molecular flexibility index (Phi) is 6.96. The van der Waals surface area contributed by atoms with E-state index in [1.54, 1.807) is 0 Å². The summed E-state index contributed by atoms with van der Waals surface area (Å²) < 4.78 is 5.72. The second-order valence-electron chi connectivity index (χ2n) is 7.04. The minimum absolute atomic E-state index is 0.218. The summed E-state index contributed by atoms with van der Waals surface area (Å²) in [5.74, 6) is 1.29. The fourth-order valence-electron chi connectivity index (χ4n) is 2.86. The number of hydrogen-bond acceptors (Lipinski definition) is 3. The predicted octanol–water partition coefficient (Wildman–Crippen LogP) is 2.24. The Morgan fingerprint density at radius 3 is 1.95 bits per heavy atom. The van der Waals surface area contributed by atoms with E-state index in [0.29, 0.717) is 18.4 Å². The molecule has 20 heavy (non-hydrogen) atoms. The van der Waals surface area contributed by atoms with E-state index in [2.05, 4.69) is 46.4 Å². The zero-order valence-electron chi connectivity index (χ0n) is 14.1. The molecule has 0 aromatic heterocycles. The van der Waals surface area contributed by atoms with Gasteiger partial charge in [0.15, 0.2) is 0 Å². The van der Waals surface area contributed by atoms with Crippen molar-refractivity contribution in [1.29, 1.82) is 0 Å². The van der Waals surface area contributed by atoms with Gasteiger partial charge in [-0.3, -0.25) is 9.69 Å². The van der Waals surface area contributed by atoms with Crippen molar-refractivity contribution in [2.24, 2.45) is 11.8 Å². The second kappa shape index (κ2) is 7.99. The van der Waals surface area contributed by atoms with Crippen molar-refractivity contribution < 1.29 is 9.53 Å². The van der Waals surface area contributed by atoms with E-state index < -0.39 is 0 Å². The van der Waals surface area contributed by atoms with Crippen LogP contribution < -0.4 is 0 Å². The zero-order valence-corrected chi connectivity index (χ0v) is 14.1. The van der Waals surface area contributed by atoms with E-state index >= 15 is 0 Å². The van der Waals surface area contributed by atoms with Crippen LogP contribution in [0.3, 0.4) is 0 Å². The van der Waals surface area contributed by atoms with Crippen molar-refractivity contribution in [2.75, 3.05) is 32.7 Å².